The van der Waals surface area contributed by atoms with Crippen LogP contribution < -0.4 is 0 Å². The van der Waals surface area contributed by atoms with Gasteiger partial charge in [-0.2, -0.15) is 0 Å². The van der Waals surface area contributed by atoms with Crippen molar-refractivity contribution in [2.75, 3.05) is 33.2 Å². The maximum Gasteiger partial charge on any atom is 0.129 e. The van der Waals surface area contributed by atoms with Crippen molar-refractivity contribution in [3.63, 3.8) is 0 Å². The highest BCUT2D eigenvalue weighted by molar-refractivity contribution is 6.33. The lowest BCUT2D eigenvalue weighted by Crippen LogP contribution is -2.47. The molecule has 1 heterocycles. The normalized spacial score (nSPS) is 17.5. The molecule has 16 heavy (non-hydrogen) atoms. The Morgan fingerprint density at radius 2 is 1.81 bits per heavy atom. The van der Waals surface area contributed by atoms with Gasteiger partial charge in [0, 0.05) is 31.7 Å². The molecule has 3 nitrogen and oxygen atoms in total. The van der Waals surface area contributed by atoms with E-state index in [4.69, 9.17) is 17.0 Å². The van der Waals surface area contributed by atoms with Gasteiger partial charge in [-0.15, -0.1) is 0 Å². The molecule has 0 aromatic heterocycles. The van der Waals surface area contributed by atoms with E-state index in [1.807, 2.05) is 24.3 Å². The Kier molecular flexibility index (Phi) is 3.46. The molecule has 2 rings (SSSR count). The summed E-state index contributed by atoms with van der Waals surface area (Å²) in [6, 6.07) is 7.55. The molecular weight excluding hydrogens is 222 g/mol. The smallest absolute Gasteiger partial charge is 0.129 e. The monoisotopic (exact) mass is 237 g/mol. The van der Waals surface area contributed by atoms with Crippen LogP contribution in [0.5, 0.6) is 0 Å². The average molecular weight is 238 g/mol. The topological polar surface area (TPSA) is 30.3 Å². The van der Waals surface area contributed by atoms with Crippen molar-refractivity contribution in [3.8, 4) is 0 Å². The SMILES string of the molecule is CN1CCN(C(=N)c2ccccc2Cl)CC1. The fourth-order valence-corrected chi connectivity index (χ4v) is 2.08. The highest BCUT2D eigenvalue weighted by atomic mass is 35.5. The van der Waals surface area contributed by atoms with Crippen LogP contribution in [0.1, 0.15) is 5.56 Å². The zero-order chi connectivity index (χ0) is 11.5. The van der Waals surface area contributed by atoms with E-state index in [-0.39, 0.29) is 0 Å². The van der Waals surface area contributed by atoms with Gasteiger partial charge in [-0.25, -0.2) is 0 Å². The highest BCUT2D eigenvalue weighted by Crippen LogP contribution is 2.17. The molecule has 4 heteroatoms. The van der Waals surface area contributed by atoms with E-state index in [9.17, 15) is 0 Å². The third kappa shape index (κ3) is 2.36. The van der Waals surface area contributed by atoms with Gasteiger partial charge in [0.2, 0.25) is 0 Å². The van der Waals surface area contributed by atoms with Crippen molar-refractivity contribution < 1.29 is 0 Å². The van der Waals surface area contributed by atoms with E-state index >= 15 is 0 Å². The first-order valence-corrected chi connectivity index (χ1v) is 5.83. The number of piperazine rings is 1. The van der Waals surface area contributed by atoms with Crippen molar-refractivity contribution in [2.45, 2.75) is 0 Å². The molecule has 1 aromatic rings. The molecular formula is C12H16ClN3. The fourth-order valence-electron chi connectivity index (χ4n) is 1.85. The molecule has 1 aliphatic rings. The van der Waals surface area contributed by atoms with Gasteiger partial charge in [0.1, 0.15) is 5.84 Å². The van der Waals surface area contributed by atoms with E-state index in [1.54, 1.807) is 0 Å². The van der Waals surface area contributed by atoms with Crippen molar-refractivity contribution >= 4 is 17.4 Å². The summed E-state index contributed by atoms with van der Waals surface area (Å²) < 4.78 is 0. The third-order valence-electron chi connectivity index (χ3n) is 2.95. The predicted octanol–water partition coefficient (Wildman–Crippen LogP) is 1.91. The average Bonchev–Trinajstić information content (AvgIpc) is 2.30. The molecule has 1 aromatic carbocycles. The number of halogens is 1. The molecule has 0 aliphatic carbocycles. The molecule has 0 saturated carbocycles. The van der Waals surface area contributed by atoms with Crippen LogP contribution in [-0.2, 0) is 0 Å². The lowest BCUT2D eigenvalue weighted by molar-refractivity contribution is 0.215. The minimum atomic E-state index is 0.540. The van der Waals surface area contributed by atoms with Gasteiger partial charge in [0.05, 0.1) is 5.02 Å². The molecule has 0 bridgehead atoms. The maximum absolute atomic E-state index is 8.15. The van der Waals surface area contributed by atoms with Crippen LogP contribution >= 0.6 is 11.6 Å². The molecule has 86 valence electrons. The van der Waals surface area contributed by atoms with Crippen molar-refractivity contribution in [2.24, 2.45) is 0 Å². The first-order valence-electron chi connectivity index (χ1n) is 5.45. The first kappa shape index (κ1) is 11.4. The second-order valence-corrected chi connectivity index (χ2v) is 4.53. The Hall–Kier alpha value is -1.06. The number of rotatable bonds is 1. The van der Waals surface area contributed by atoms with Gasteiger partial charge in [0.15, 0.2) is 0 Å². The predicted molar refractivity (Wildman–Crippen MR) is 67.4 cm³/mol. The van der Waals surface area contributed by atoms with E-state index in [2.05, 4.69) is 16.8 Å². The zero-order valence-electron chi connectivity index (χ0n) is 9.41. The van der Waals surface area contributed by atoms with Gasteiger partial charge in [-0.1, -0.05) is 23.7 Å². The van der Waals surface area contributed by atoms with Crippen LogP contribution in [-0.4, -0.2) is 48.9 Å². The van der Waals surface area contributed by atoms with Crippen LogP contribution in [0.4, 0.5) is 0 Å². The Morgan fingerprint density at radius 3 is 2.44 bits per heavy atom. The summed E-state index contributed by atoms with van der Waals surface area (Å²) in [4.78, 5) is 4.36. The minimum absolute atomic E-state index is 0.540. The van der Waals surface area contributed by atoms with Crippen LogP contribution in [0, 0.1) is 5.41 Å². The standard InChI is InChI=1S/C12H16ClN3/c1-15-6-8-16(9-7-15)12(14)10-4-2-3-5-11(10)13/h2-5,14H,6-9H2,1H3. The Bertz CT molecular complexity index is 384. The van der Waals surface area contributed by atoms with Gasteiger partial charge in [-0.05, 0) is 19.2 Å². The van der Waals surface area contributed by atoms with Gasteiger partial charge >= 0.3 is 0 Å². The van der Waals surface area contributed by atoms with E-state index in [0.29, 0.717) is 10.9 Å². The van der Waals surface area contributed by atoms with Crippen LogP contribution in [0.15, 0.2) is 24.3 Å². The number of nitrogens with one attached hydrogen (secondary N) is 1. The van der Waals surface area contributed by atoms with E-state index < -0.39 is 0 Å². The van der Waals surface area contributed by atoms with Crippen molar-refractivity contribution in [1.82, 2.24) is 9.80 Å². The second-order valence-electron chi connectivity index (χ2n) is 4.12. The number of amidine groups is 1. The lowest BCUT2D eigenvalue weighted by atomic mass is 10.1. The number of benzene rings is 1. The lowest BCUT2D eigenvalue weighted by Gasteiger charge is -2.34. The Labute approximate surface area is 101 Å². The second kappa shape index (κ2) is 4.85. The van der Waals surface area contributed by atoms with E-state index in [1.165, 1.54) is 0 Å². The zero-order valence-corrected chi connectivity index (χ0v) is 10.2. The summed E-state index contributed by atoms with van der Waals surface area (Å²) in [5, 5.41) is 8.81. The first-order chi connectivity index (χ1) is 7.68. The molecule has 0 amide bonds. The summed E-state index contributed by atoms with van der Waals surface area (Å²) in [6.45, 7) is 3.82. The van der Waals surface area contributed by atoms with Crippen LogP contribution in [0.3, 0.4) is 0 Å². The van der Waals surface area contributed by atoms with Crippen molar-refractivity contribution in [3.05, 3.63) is 34.9 Å². The van der Waals surface area contributed by atoms with Crippen molar-refractivity contribution in [1.29, 1.82) is 5.41 Å². The number of hydrogen-bond donors (Lipinski definition) is 1. The number of nitrogens with zero attached hydrogens (tertiary/aromatic N) is 2. The summed E-state index contributed by atoms with van der Waals surface area (Å²) in [7, 11) is 2.11. The molecule has 0 atom stereocenters. The van der Waals surface area contributed by atoms with Gasteiger partial charge in [0.25, 0.3) is 0 Å². The summed E-state index contributed by atoms with van der Waals surface area (Å²) in [6.07, 6.45) is 0. The van der Waals surface area contributed by atoms with Gasteiger partial charge in [-0.3, -0.25) is 5.41 Å². The fraction of sp³-hybridized carbons (Fsp3) is 0.417. The molecule has 0 unspecified atom stereocenters. The Balaban J connectivity index is 2.11. The minimum Gasteiger partial charge on any atom is -0.354 e. The summed E-state index contributed by atoms with van der Waals surface area (Å²) >= 11 is 6.09. The quantitative estimate of drug-likeness (QED) is 0.598. The molecule has 1 saturated heterocycles. The van der Waals surface area contributed by atoms with E-state index in [0.717, 1.165) is 31.7 Å². The van der Waals surface area contributed by atoms with Crippen LogP contribution in [0.2, 0.25) is 5.02 Å². The highest BCUT2D eigenvalue weighted by Gasteiger charge is 2.18. The maximum atomic E-state index is 8.15. The van der Waals surface area contributed by atoms with Crippen LogP contribution in [0.25, 0.3) is 0 Å². The molecule has 0 radical (unpaired) electrons. The third-order valence-corrected chi connectivity index (χ3v) is 3.28. The molecule has 1 aliphatic heterocycles. The van der Waals surface area contributed by atoms with Gasteiger partial charge < -0.3 is 9.80 Å². The molecule has 0 spiro atoms. The summed E-state index contributed by atoms with van der Waals surface area (Å²) in [5.74, 6) is 0.540. The Morgan fingerprint density at radius 1 is 1.19 bits per heavy atom. The largest absolute Gasteiger partial charge is 0.354 e. The number of hydrogen-bond acceptors (Lipinski definition) is 2. The molecule has 1 N–H and O–H groups in total. The molecule has 1 fully saturated rings. The number of likely N-dealkylation sites (N-methyl/N-ethyl adjacent to an activating group) is 1. The summed E-state index contributed by atoms with van der Waals surface area (Å²) in [5.41, 5.74) is 0.828.